The summed E-state index contributed by atoms with van der Waals surface area (Å²) >= 11 is 0. The third kappa shape index (κ3) is 2.20. The topological polar surface area (TPSA) is 76.6 Å². The maximum absolute atomic E-state index is 13.5. The molecular formula is C23H18N2O3. The normalized spacial score (nSPS) is 18.6. The summed E-state index contributed by atoms with van der Waals surface area (Å²) in [5, 5.41) is 23.0. The van der Waals surface area contributed by atoms with Gasteiger partial charge in [-0.2, -0.15) is 0 Å². The minimum absolute atomic E-state index is 0.0917. The number of benzene rings is 3. The molecule has 0 fully saturated rings. The van der Waals surface area contributed by atoms with Gasteiger partial charge in [0.25, 0.3) is 5.91 Å². The number of aromatic amines is 1. The number of aromatic nitrogens is 1. The number of amides is 1. The smallest absolute Gasteiger partial charge is 0.268 e. The molecule has 5 heteroatoms. The third-order valence-electron chi connectivity index (χ3n) is 5.42. The van der Waals surface area contributed by atoms with Crippen molar-refractivity contribution in [3.8, 4) is 5.75 Å². The van der Waals surface area contributed by atoms with Crippen LogP contribution in [0.5, 0.6) is 5.75 Å². The van der Waals surface area contributed by atoms with E-state index in [9.17, 15) is 15.0 Å². The number of anilines is 1. The number of carbonyl (C=O) groups is 1. The van der Waals surface area contributed by atoms with Gasteiger partial charge in [0, 0.05) is 28.2 Å². The molecule has 0 bridgehead atoms. The van der Waals surface area contributed by atoms with Gasteiger partial charge in [-0.25, -0.2) is 0 Å². The molecule has 5 nitrogen and oxygen atoms in total. The molecule has 3 aromatic carbocycles. The van der Waals surface area contributed by atoms with Gasteiger partial charge < -0.3 is 20.1 Å². The number of phenols is 1. The van der Waals surface area contributed by atoms with E-state index < -0.39 is 11.5 Å². The van der Waals surface area contributed by atoms with Gasteiger partial charge in [-0.15, -0.1) is 0 Å². The Kier molecular flexibility index (Phi) is 3.54. The monoisotopic (exact) mass is 370 g/mol. The number of hydrogen-bond donors (Lipinski definition) is 3. The summed E-state index contributed by atoms with van der Waals surface area (Å²) in [7, 11) is 0. The number of fused-ring (bicyclic) bond motifs is 2. The van der Waals surface area contributed by atoms with Crippen LogP contribution in [0.2, 0.25) is 0 Å². The van der Waals surface area contributed by atoms with Crippen LogP contribution < -0.4 is 4.90 Å². The minimum Gasteiger partial charge on any atom is -0.507 e. The van der Waals surface area contributed by atoms with Crippen molar-refractivity contribution in [3.05, 3.63) is 95.7 Å². The molecule has 1 amide bonds. The number of nitrogens with one attached hydrogen (secondary N) is 1. The molecule has 0 unspecified atom stereocenters. The van der Waals surface area contributed by atoms with Gasteiger partial charge in [-0.05, 0) is 29.8 Å². The summed E-state index contributed by atoms with van der Waals surface area (Å²) in [5.41, 5.74) is 1.06. The first-order chi connectivity index (χ1) is 13.6. The molecule has 5 rings (SSSR count). The summed E-state index contributed by atoms with van der Waals surface area (Å²) in [5.74, 6) is -0.561. The molecule has 28 heavy (non-hydrogen) atoms. The van der Waals surface area contributed by atoms with Gasteiger partial charge in [0.2, 0.25) is 0 Å². The number of phenolic OH excluding ortho intramolecular Hbond substituents is 1. The average Bonchev–Trinajstić information content (AvgIpc) is 3.28. The summed E-state index contributed by atoms with van der Waals surface area (Å²) in [6, 6.07) is 21.9. The van der Waals surface area contributed by atoms with E-state index in [1.807, 2.05) is 42.5 Å². The Balaban J connectivity index is 1.69. The molecule has 1 aliphatic heterocycles. The average molecular weight is 370 g/mol. The van der Waals surface area contributed by atoms with Crippen molar-refractivity contribution in [2.75, 3.05) is 4.90 Å². The lowest BCUT2D eigenvalue weighted by molar-refractivity contribution is -0.132. The quantitative estimate of drug-likeness (QED) is 0.515. The fraction of sp³-hybridized carbons (Fsp3) is 0.0870. The van der Waals surface area contributed by atoms with Crippen LogP contribution in [0.15, 0.2) is 79.0 Å². The number of H-pyrrole nitrogens is 1. The number of hydrogen-bond acceptors (Lipinski definition) is 3. The van der Waals surface area contributed by atoms with Gasteiger partial charge in [0.1, 0.15) is 5.75 Å². The van der Waals surface area contributed by atoms with Crippen molar-refractivity contribution in [1.82, 2.24) is 4.98 Å². The predicted octanol–water partition coefficient (Wildman–Crippen LogP) is 3.66. The number of para-hydroxylation sites is 1. The van der Waals surface area contributed by atoms with Crippen molar-refractivity contribution in [2.24, 2.45) is 0 Å². The van der Waals surface area contributed by atoms with Crippen LogP contribution in [0.1, 0.15) is 16.7 Å². The standard InChI is InChI=1S/C23H18N2O3/c26-21-16-12-13-24-19(16)11-10-18(21)23(28)17-8-4-5-9-20(17)25(22(23)27)14-15-6-2-1-3-7-15/h1-13,24,26,28H,14H2/t23-/m1/s1. The van der Waals surface area contributed by atoms with Crippen molar-refractivity contribution < 1.29 is 15.0 Å². The summed E-state index contributed by atoms with van der Waals surface area (Å²) in [6.45, 7) is 0.339. The highest BCUT2D eigenvalue weighted by atomic mass is 16.3. The summed E-state index contributed by atoms with van der Waals surface area (Å²) in [4.78, 5) is 18.1. The van der Waals surface area contributed by atoms with Crippen molar-refractivity contribution in [2.45, 2.75) is 12.1 Å². The van der Waals surface area contributed by atoms with E-state index in [2.05, 4.69) is 4.98 Å². The predicted molar refractivity (Wildman–Crippen MR) is 107 cm³/mol. The minimum atomic E-state index is -1.94. The maximum Gasteiger partial charge on any atom is 0.268 e. The van der Waals surface area contributed by atoms with Crippen LogP contribution in [-0.2, 0) is 16.9 Å². The van der Waals surface area contributed by atoms with Gasteiger partial charge in [-0.3, -0.25) is 4.79 Å². The number of nitrogens with zero attached hydrogens (tertiary/aromatic N) is 1. The van der Waals surface area contributed by atoms with Gasteiger partial charge >= 0.3 is 0 Å². The van der Waals surface area contributed by atoms with Crippen LogP contribution in [0, 0.1) is 0 Å². The Morgan fingerprint density at radius 3 is 2.46 bits per heavy atom. The Bertz CT molecular complexity index is 1200. The van der Waals surface area contributed by atoms with Crippen LogP contribution in [-0.4, -0.2) is 21.1 Å². The zero-order valence-corrected chi connectivity index (χ0v) is 15.0. The summed E-state index contributed by atoms with van der Waals surface area (Å²) in [6.07, 6.45) is 1.71. The second kappa shape index (κ2) is 5.97. The first-order valence-electron chi connectivity index (χ1n) is 9.08. The summed E-state index contributed by atoms with van der Waals surface area (Å²) < 4.78 is 0. The fourth-order valence-corrected chi connectivity index (χ4v) is 4.03. The largest absolute Gasteiger partial charge is 0.507 e. The van der Waals surface area contributed by atoms with Crippen LogP contribution in [0.3, 0.4) is 0 Å². The van der Waals surface area contributed by atoms with Gasteiger partial charge in [0.15, 0.2) is 5.60 Å². The number of rotatable bonds is 3. The lowest BCUT2D eigenvalue weighted by Gasteiger charge is -2.25. The first kappa shape index (κ1) is 16.6. The van der Waals surface area contributed by atoms with Crippen molar-refractivity contribution in [3.63, 3.8) is 0 Å². The molecule has 1 aliphatic rings. The highest BCUT2D eigenvalue weighted by Crippen LogP contribution is 2.48. The Morgan fingerprint density at radius 1 is 0.893 bits per heavy atom. The van der Waals surface area contributed by atoms with E-state index in [1.54, 1.807) is 41.4 Å². The highest BCUT2D eigenvalue weighted by Gasteiger charge is 2.52. The Morgan fingerprint density at radius 2 is 1.64 bits per heavy atom. The molecule has 0 spiro atoms. The SMILES string of the molecule is O=C1N(Cc2ccccc2)c2ccccc2[C@@]1(O)c1ccc2[nH]ccc2c1O. The van der Waals surface area contributed by atoms with Crippen LogP contribution in [0.25, 0.3) is 10.9 Å². The van der Waals surface area contributed by atoms with Gasteiger partial charge in [-0.1, -0.05) is 48.5 Å². The maximum atomic E-state index is 13.5. The highest BCUT2D eigenvalue weighted by molar-refractivity contribution is 6.10. The zero-order chi connectivity index (χ0) is 19.3. The molecule has 138 valence electrons. The molecule has 4 aromatic rings. The van der Waals surface area contributed by atoms with Gasteiger partial charge in [0.05, 0.1) is 12.2 Å². The van der Waals surface area contributed by atoms with E-state index in [0.717, 1.165) is 11.1 Å². The molecule has 0 saturated carbocycles. The Labute approximate surface area is 161 Å². The first-order valence-corrected chi connectivity index (χ1v) is 9.08. The molecule has 0 aliphatic carbocycles. The van der Waals surface area contributed by atoms with E-state index in [-0.39, 0.29) is 11.3 Å². The molecule has 2 heterocycles. The second-order valence-corrected chi connectivity index (χ2v) is 7.01. The molecule has 1 aromatic heterocycles. The van der Waals surface area contributed by atoms with Crippen LogP contribution >= 0.6 is 0 Å². The van der Waals surface area contributed by atoms with E-state index >= 15 is 0 Å². The third-order valence-corrected chi connectivity index (χ3v) is 5.42. The van der Waals surface area contributed by atoms with E-state index in [1.165, 1.54) is 0 Å². The lowest BCUT2D eigenvalue weighted by Crippen LogP contribution is -2.41. The fourth-order valence-electron chi connectivity index (χ4n) is 4.03. The van der Waals surface area contributed by atoms with Crippen LogP contribution in [0.4, 0.5) is 5.69 Å². The number of aliphatic hydroxyl groups is 1. The van der Waals surface area contributed by atoms with Crippen molar-refractivity contribution in [1.29, 1.82) is 0 Å². The number of carbonyl (C=O) groups excluding carboxylic acids is 1. The van der Waals surface area contributed by atoms with E-state index in [0.29, 0.717) is 23.2 Å². The molecule has 1 atom stereocenters. The molecule has 0 radical (unpaired) electrons. The molecular weight excluding hydrogens is 352 g/mol. The molecule has 0 saturated heterocycles. The molecule has 3 N–H and O–H groups in total. The van der Waals surface area contributed by atoms with Crippen molar-refractivity contribution >= 4 is 22.5 Å². The second-order valence-electron chi connectivity index (χ2n) is 7.01. The zero-order valence-electron chi connectivity index (χ0n) is 15.0. The lowest BCUT2D eigenvalue weighted by atomic mass is 9.86. The number of aromatic hydroxyl groups is 1. The van der Waals surface area contributed by atoms with E-state index in [4.69, 9.17) is 0 Å². The Hall–Kier alpha value is -3.57.